The molecule has 4 heterocycles. The summed E-state index contributed by atoms with van der Waals surface area (Å²) in [4.78, 5) is -0.150. The maximum absolute atomic E-state index is 12.9. The Labute approximate surface area is 162 Å². The quantitative estimate of drug-likeness (QED) is 0.767. The van der Waals surface area contributed by atoms with Crippen LogP contribution in [0.3, 0.4) is 0 Å². The molecular weight excluding hydrogens is 390 g/mol. The number of nitrogens with zero attached hydrogens (tertiary/aromatic N) is 6. The number of halogens is 2. The number of piperidine rings is 1. The predicted molar refractivity (Wildman–Crippen MR) is 96.5 cm³/mol. The van der Waals surface area contributed by atoms with Gasteiger partial charge in [0.1, 0.15) is 16.5 Å². The summed E-state index contributed by atoms with van der Waals surface area (Å²) < 4.78 is 55.7. The Hall–Kier alpha value is -1.88. The largest absolute Gasteiger partial charge is 0.333 e. The van der Waals surface area contributed by atoms with Crippen LogP contribution in [0.1, 0.15) is 61.9 Å². The molecule has 2 aromatic rings. The first kappa shape index (κ1) is 19.4. The van der Waals surface area contributed by atoms with Crippen LogP contribution in [0.2, 0.25) is 0 Å². The van der Waals surface area contributed by atoms with E-state index in [1.165, 1.54) is 17.6 Å². The van der Waals surface area contributed by atoms with Gasteiger partial charge in [0.25, 0.3) is 0 Å². The Balaban J connectivity index is 1.49. The van der Waals surface area contributed by atoms with Crippen LogP contribution in [0, 0.1) is 6.92 Å². The minimum absolute atomic E-state index is 0.0418. The zero-order valence-electron chi connectivity index (χ0n) is 15.8. The average Bonchev–Trinajstić information content (AvgIpc) is 3.18. The molecule has 8 nitrogen and oxygen atoms in total. The average molecular weight is 414 g/mol. The van der Waals surface area contributed by atoms with E-state index in [9.17, 15) is 17.2 Å². The number of fused-ring (bicyclic) bond motifs is 1. The summed E-state index contributed by atoms with van der Waals surface area (Å²) in [5, 5.41) is 12.3. The second-order valence-electron chi connectivity index (χ2n) is 7.43. The molecule has 11 heteroatoms. The number of aromatic nitrogens is 5. The highest BCUT2D eigenvalue weighted by Crippen LogP contribution is 2.32. The number of rotatable bonds is 4. The van der Waals surface area contributed by atoms with E-state index < -0.39 is 16.6 Å². The second kappa shape index (κ2) is 7.51. The molecule has 1 saturated heterocycles. The van der Waals surface area contributed by atoms with E-state index >= 15 is 0 Å². The Bertz CT molecular complexity index is 947. The summed E-state index contributed by atoms with van der Waals surface area (Å²) in [6.45, 7) is 0.0630. The minimum Gasteiger partial charge on any atom is -0.315 e. The van der Waals surface area contributed by atoms with Gasteiger partial charge in [-0.25, -0.2) is 13.1 Å². The molecule has 0 amide bonds. The first-order valence-corrected chi connectivity index (χ1v) is 11.1. The van der Waals surface area contributed by atoms with Crippen molar-refractivity contribution in [2.24, 2.45) is 0 Å². The summed E-state index contributed by atoms with van der Waals surface area (Å²) >= 11 is 0. The standard InChI is InChI=1S/C17H24F2N6O2S/c1-12-14(11-20-25(12)17(18)19)28(26,27)23-9-6-13(7-10-23)16-22-21-15-5-3-2-4-8-24(15)16/h11,13,17H,2-10H2,1H3. The smallest absolute Gasteiger partial charge is 0.315 e. The lowest BCUT2D eigenvalue weighted by Crippen LogP contribution is -2.38. The molecule has 0 N–H and O–H groups in total. The predicted octanol–water partition coefficient (Wildman–Crippen LogP) is 2.47. The van der Waals surface area contributed by atoms with Crippen molar-refractivity contribution in [1.29, 1.82) is 0 Å². The van der Waals surface area contributed by atoms with Gasteiger partial charge in [0.15, 0.2) is 0 Å². The molecule has 1 fully saturated rings. The van der Waals surface area contributed by atoms with Crippen molar-refractivity contribution in [2.75, 3.05) is 13.1 Å². The van der Waals surface area contributed by atoms with Gasteiger partial charge in [0, 0.05) is 32.0 Å². The zero-order chi connectivity index (χ0) is 19.9. The van der Waals surface area contributed by atoms with Crippen molar-refractivity contribution in [2.45, 2.75) is 69.4 Å². The third kappa shape index (κ3) is 3.34. The van der Waals surface area contributed by atoms with Gasteiger partial charge in [-0.15, -0.1) is 10.2 Å². The van der Waals surface area contributed by atoms with Crippen molar-refractivity contribution in [3.8, 4) is 0 Å². The van der Waals surface area contributed by atoms with E-state index in [1.807, 2.05) is 0 Å². The van der Waals surface area contributed by atoms with Crippen LogP contribution in [-0.4, -0.2) is 50.4 Å². The number of hydrogen-bond donors (Lipinski definition) is 0. The summed E-state index contributed by atoms with van der Waals surface area (Å²) in [7, 11) is -3.85. The Morgan fingerprint density at radius 1 is 1.11 bits per heavy atom. The Kier molecular flexibility index (Phi) is 5.21. The highest BCUT2D eigenvalue weighted by atomic mass is 32.2. The van der Waals surface area contributed by atoms with E-state index in [1.54, 1.807) is 0 Å². The van der Waals surface area contributed by atoms with E-state index in [-0.39, 0.29) is 16.5 Å². The van der Waals surface area contributed by atoms with Gasteiger partial charge in [-0.1, -0.05) is 6.42 Å². The fraction of sp³-hybridized carbons (Fsp3) is 0.706. The van der Waals surface area contributed by atoms with Crippen molar-refractivity contribution < 1.29 is 17.2 Å². The molecular formula is C17H24F2N6O2S. The summed E-state index contributed by atoms with van der Waals surface area (Å²) in [6, 6.07) is 0. The van der Waals surface area contributed by atoms with Crippen LogP contribution in [0.5, 0.6) is 0 Å². The molecule has 154 valence electrons. The topological polar surface area (TPSA) is 85.9 Å². The van der Waals surface area contributed by atoms with E-state index in [0.29, 0.717) is 30.6 Å². The number of aryl methyl sites for hydroxylation is 1. The highest BCUT2D eigenvalue weighted by molar-refractivity contribution is 7.89. The maximum atomic E-state index is 12.9. The Morgan fingerprint density at radius 2 is 1.86 bits per heavy atom. The molecule has 2 aromatic heterocycles. The van der Waals surface area contributed by atoms with E-state index in [2.05, 4.69) is 19.9 Å². The van der Waals surface area contributed by atoms with Crippen molar-refractivity contribution in [1.82, 2.24) is 28.9 Å². The van der Waals surface area contributed by atoms with Gasteiger partial charge < -0.3 is 4.57 Å². The van der Waals surface area contributed by atoms with Crippen molar-refractivity contribution in [3.63, 3.8) is 0 Å². The van der Waals surface area contributed by atoms with Gasteiger partial charge in [-0.05, 0) is 32.6 Å². The molecule has 28 heavy (non-hydrogen) atoms. The third-order valence-corrected chi connectivity index (χ3v) is 7.76. The SMILES string of the molecule is Cc1c(S(=O)(=O)N2CCC(c3nnc4n3CCCCC4)CC2)cnn1C(F)F. The summed E-state index contributed by atoms with van der Waals surface area (Å²) in [5.74, 6) is 2.14. The zero-order valence-corrected chi connectivity index (χ0v) is 16.6. The molecule has 2 aliphatic rings. The van der Waals surface area contributed by atoms with Gasteiger partial charge >= 0.3 is 6.55 Å². The van der Waals surface area contributed by atoms with Crippen LogP contribution < -0.4 is 0 Å². The minimum atomic E-state index is -3.85. The lowest BCUT2D eigenvalue weighted by Gasteiger charge is -2.30. The monoisotopic (exact) mass is 414 g/mol. The first-order chi connectivity index (χ1) is 13.4. The van der Waals surface area contributed by atoms with Gasteiger partial charge in [-0.2, -0.15) is 18.2 Å². The number of alkyl halides is 2. The second-order valence-corrected chi connectivity index (χ2v) is 9.34. The highest BCUT2D eigenvalue weighted by Gasteiger charge is 2.34. The van der Waals surface area contributed by atoms with E-state index in [4.69, 9.17) is 0 Å². The first-order valence-electron chi connectivity index (χ1n) is 9.64. The molecule has 2 aliphatic heterocycles. The fourth-order valence-corrected chi connectivity index (χ4v) is 5.78. The van der Waals surface area contributed by atoms with Crippen molar-refractivity contribution in [3.05, 3.63) is 23.5 Å². The molecule has 0 saturated carbocycles. The third-order valence-electron chi connectivity index (χ3n) is 5.76. The molecule has 0 bridgehead atoms. The van der Waals surface area contributed by atoms with Crippen LogP contribution in [0.15, 0.2) is 11.1 Å². The molecule has 0 aliphatic carbocycles. The van der Waals surface area contributed by atoms with Crippen LogP contribution in [0.4, 0.5) is 8.78 Å². The number of sulfonamides is 1. The van der Waals surface area contributed by atoms with Gasteiger partial charge in [-0.3, -0.25) is 0 Å². The molecule has 0 unspecified atom stereocenters. The molecule has 4 rings (SSSR count). The molecule has 0 spiro atoms. The molecule has 0 atom stereocenters. The molecule has 0 aromatic carbocycles. The van der Waals surface area contributed by atoms with Gasteiger partial charge in [0.05, 0.1) is 11.9 Å². The fourth-order valence-electron chi connectivity index (χ4n) is 4.16. The van der Waals surface area contributed by atoms with Crippen molar-refractivity contribution >= 4 is 10.0 Å². The Morgan fingerprint density at radius 3 is 2.54 bits per heavy atom. The lowest BCUT2D eigenvalue weighted by molar-refractivity contribution is 0.0541. The normalized spacial score (nSPS) is 19.7. The van der Waals surface area contributed by atoms with Crippen LogP contribution in [-0.2, 0) is 23.0 Å². The number of hydrogen-bond acceptors (Lipinski definition) is 5. The summed E-state index contributed by atoms with van der Waals surface area (Å²) in [5.41, 5.74) is -0.0418. The van der Waals surface area contributed by atoms with E-state index in [0.717, 1.165) is 43.7 Å². The molecule has 0 radical (unpaired) electrons. The lowest BCUT2D eigenvalue weighted by atomic mass is 9.97. The summed E-state index contributed by atoms with van der Waals surface area (Å²) in [6.07, 6.45) is 6.65. The van der Waals surface area contributed by atoms with Gasteiger partial charge in [0.2, 0.25) is 10.0 Å². The van der Waals surface area contributed by atoms with Crippen LogP contribution >= 0.6 is 0 Å². The maximum Gasteiger partial charge on any atom is 0.333 e. The van der Waals surface area contributed by atoms with Crippen LogP contribution in [0.25, 0.3) is 0 Å².